The average molecular weight is 376 g/mol. The number of benzene rings is 1. The molecule has 0 unspecified atom stereocenters. The highest BCUT2D eigenvalue weighted by Crippen LogP contribution is 2.18. The van der Waals surface area contributed by atoms with Gasteiger partial charge in [-0.2, -0.15) is 0 Å². The summed E-state index contributed by atoms with van der Waals surface area (Å²) in [5.41, 5.74) is 0.565. The van der Waals surface area contributed by atoms with Crippen LogP contribution in [0.25, 0.3) is 0 Å². The number of quaternary nitrogens is 1. The van der Waals surface area contributed by atoms with Crippen molar-refractivity contribution in [1.82, 2.24) is 5.32 Å². The lowest BCUT2D eigenvalue weighted by Crippen LogP contribution is -3.14. The number of amides is 1. The summed E-state index contributed by atoms with van der Waals surface area (Å²) >= 11 is 5.98. The molecule has 134 valence electrons. The molecular weight excluding hydrogens is 352 g/mol. The Kier molecular flexibility index (Phi) is 7.48. The highest BCUT2D eigenvalue weighted by atomic mass is 35.5. The summed E-state index contributed by atoms with van der Waals surface area (Å²) in [7, 11) is -3.36. The Morgan fingerprint density at radius 3 is 2.67 bits per heavy atom. The minimum atomic E-state index is -3.36. The molecule has 0 atom stereocenters. The summed E-state index contributed by atoms with van der Waals surface area (Å²) in [6.45, 7) is 4.79. The Morgan fingerprint density at radius 2 is 1.96 bits per heavy atom. The van der Waals surface area contributed by atoms with Gasteiger partial charge >= 0.3 is 0 Å². The van der Waals surface area contributed by atoms with Crippen LogP contribution in [0.1, 0.15) is 12.0 Å². The summed E-state index contributed by atoms with van der Waals surface area (Å²) in [5, 5.41) is 3.22. The van der Waals surface area contributed by atoms with Gasteiger partial charge in [0.1, 0.15) is 13.1 Å². The van der Waals surface area contributed by atoms with Crippen LogP contribution in [0.2, 0.25) is 5.02 Å². The zero-order valence-electron chi connectivity index (χ0n) is 13.6. The van der Waals surface area contributed by atoms with E-state index in [-0.39, 0.29) is 23.8 Å². The van der Waals surface area contributed by atoms with Crippen molar-refractivity contribution in [3.63, 3.8) is 0 Å². The summed E-state index contributed by atoms with van der Waals surface area (Å²) in [4.78, 5) is 13.2. The van der Waals surface area contributed by atoms with Crippen molar-refractivity contribution in [2.75, 3.05) is 45.1 Å². The maximum atomic E-state index is 12.1. The first-order valence-corrected chi connectivity index (χ1v) is 10.3. The Balaban J connectivity index is 1.69. The zero-order chi connectivity index (χ0) is 17.4. The number of sulfone groups is 1. The monoisotopic (exact) mass is 375 g/mol. The van der Waals surface area contributed by atoms with E-state index in [4.69, 9.17) is 16.3 Å². The molecule has 0 bridgehead atoms. The number of ether oxygens (including phenoxy) is 1. The van der Waals surface area contributed by atoms with E-state index in [0.717, 1.165) is 32.8 Å². The lowest BCUT2D eigenvalue weighted by atomic mass is 10.2. The molecule has 24 heavy (non-hydrogen) atoms. The first-order valence-electron chi connectivity index (χ1n) is 8.08. The highest BCUT2D eigenvalue weighted by Gasteiger charge is 2.17. The van der Waals surface area contributed by atoms with Crippen molar-refractivity contribution in [1.29, 1.82) is 0 Å². The molecule has 1 amide bonds. The van der Waals surface area contributed by atoms with Gasteiger partial charge in [0.15, 0.2) is 9.84 Å². The molecule has 2 N–H and O–H groups in total. The molecule has 0 saturated carbocycles. The van der Waals surface area contributed by atoms with Crippen molar-refractivity contribution in [3.05, 3.63) is 34.9 Å². The number of carbonyl (C=O) groups is 1. The van der Waals surface area contributed by atoms with Gasteiger partial charge in [0, 0.05) is 11.4 Å². The summed E-state index contributed by atoms with van der Waals surface area (Å²) in [6, 6.07) is 6.85. The smallest absolute Gasteiger partial charge is 0.221 e. The van der Waals surface area contributed by atoms with Crippen molar-refractivity contribution in [3.8, 4) is 0 Å². The van der Waals surface area contributed by atoms with Gasteiger partial charge in [-0.15, -0.1) is 0 Å². The molecule has 1 aromatic carbocycles. The molecule has 0 aliphatic carbocycles. The third kappa shape index (κ3) is 6.76. The number of hydrogen-bond donors (Lipinski definition) is 2. The maximum Gasteiger partial charge on any atom is 0.221 e. The van der Waals surface area contributed by atoms with Crippen LogP contribution in [0.5, 0.6) is 0 Å². The summed E-state index contributed by atoms with van der Waals surface area (Å²) < 4.78 is 29.5. The third-order valence-electron chi connectivity index (χ3n) is 3.97. The minimum absolute atomic E-state index is 0.0226. The Morgan fingerprint density at radius 1 is 1.25 bits per heavy atom. The minimum Gasteiger partial charge on any atom is -0.370 e. The van der Waals surface area contributed by atoms with Crippen molar-refractivity contribution < 1.29 is 22.8 Å². The number of nitrogens with one attached hydrogen (secondary N) is 2. The molecule has 0 spiro atoms. The van der Waals surface area contributed by atoms with E-state index in [2.05, 4.69) is 5.32 Å². The SMILES string of the molecule is O=C(CCS(=O)(=O)Cc1ccccc1Cl)NCC[NH+]1CCOCC1. The van der Waals surface area contributed by atoms with E-state index in [1.807, 2.05) is 0 Å². The van der Waals surface area contributed by atoms with E-state index >= 15 is 0 Å². The van der Waals surface area contributed by atoms with Crippen molar-refractivity contribution in [2.45, 2.75) is 12.2 Å². The molecular formula is C16H24ClN2O4S+. The van der Waals surface area contributed by atoms with Crippen LogP contribution < -0.4 is 10.2 Å². The lowest BCUT2D eigenvalue weighted by molar-refractivity contribution is -0.906. The van der Waals surface area contributed by atoms with Crippen LogP contribution in [-0.4, -0.2) is 59.5 Å². The second-order valence-electron chi connectivity index (χ2n) is 5.90. The van der Waals surface area contributed by atoms with Crippen LogP contribution >= 0.6 is 11.6 Å². The van der Waals surface area contributed by atoms with Gasteiger partial charge in [0.2, 0.25) is 5.91 Å². The van der Waals surface area contributed by atoms with Gasteiger partial charge in [0.25, 0.3) is 0 Å². The lowest BCUT2D eigenvalue weighted by Gasteiger charge is -2.23. The summed E-state index contributed by atoms with van der Waals surface area (Å²) in [5.74, 6) is -0.544. The first kappa shape index (κ1) is 19.2. The zero-order valence-corrected chi connectivity index (χ0v) is 15.2. The van der Waals surface area contributed by atoms with Crippen LogP contribution in [0.15, 0.2) is 24.3 Å². The van der Waals surface area contributed by atoms with E-state index < -0.39 is 9.84 Å². The molecule has 1 saturated heterocycles. The van der Waals surface area contributed by atoms with E-state index in [0.29, 0.717) is 17.1 Å². The van der Waals surface area contributed by atoms with Crippen LogP contribution in [0, 0.1) is 0 Å². The first-order chi connectivity index (χ1) is 11.5. The molecule has 6 nitrogen and oxygen atoms in total. The van der Waals surface area contributed by atoms with Gasteiger partial charge < -0.3 is 15.0 Å². The fourth-order valence-corrected chi connectivity index (χ4v) is 4.20. The maximum absolute atomic E-state index is 12.1. The fraction of sp³-hybridized carbons (Fsp3) is 0.562. The van der Waals surface area contributed by atoms with Gasteiger partial charge in [-0.25, -0.2) is 8.42 Å². The fourth-order valence-electron chi connectivity index (χ4n) is 2.55. The molecule has 1 aliphatic heterocycles. The number of morpholine rings is 1. The number of hydrogen-bond acceptors (Lipinski definition) is 4. The Labute approximate surface area is 148 Å². The highest BCUT2D eigenvalue weighted by molar-refractivity contribution is 7.90. The topological polar surface area (TPSA) is 76.9 Å². The van der Waals surface area contributed by atoms with Crippen molar-refractivity contribution in [2.24, 2.45) is 0 Å². The molecule has 1 aromatic rings. The quantitative estimate of drug-likeness (QED) is 0.652. The van der Waals surface area contributed by atoms with E-state index in [1.54, 1.807) is 24.3 Å². The van der Waals surface area contributed by atoms with Crippen LogP contribution in [0.4, 0.5) is 0 Å². The van der Waals surface area contributed by atoms with Gasteiger partial charge in [0.05, 0.1) is 37.8 Å². The van der Waals surface area contributed by atoms with E-state index in [1.165, 1.54) is 4.90 Å². The third-order valence-corrected chi connectivity index (χ3v) is 5.92. The molecule has 1 fully saturated rings. The number of rotatable bonds is 8. The standard InChI is InChI=1S/C16H23ClN2O4S/c17-15-4-2-1-3-14(15)13-24(21,22)12-5-16(20)18-6-7-19-8-10-23-11-9-19/h1-4H,5-13H2,(H,18,20)/p+1. The number of halogens is 1. The Hall–Kier alpha value is -1.15. The van der Waals surface area contributed by atoms with Crippen LogP contribution in [-0.2, 0) is 25.1 Å². The van der Waals surface area contributed by atoms with Crippen molar-refractivity contribution >= 4 is 27.3 Å². The van der Waals surface area contributed by atoms with Gasteiger partial charge in [-0.3, -0.25) is 4.79 Å². The summed E-state index contributed by atoms with van der Waals surface area (Å²) in [6.07, 6.45) is -0.0226. The predicted octanol–water partition coefficient (Wildman–Crippen LogP) is -0.324. The number of carbonyl (C=O) groups excluding carboxylic acids is 1. The normalized spacial score (nSPS) is 16.0. The van der Waals surface area contributed by atoms with Gasteiger partial charge in [-0.05, 0) is 11.6 Å². The van der Waals surface area contributed by atoms with Crippen LogP contribution in [0.3, 0.4) is 0 Å². The predicted molar refractivity (Wildman–Crippen MR) is 93.0 cm³/mol. The second-order valence-corrected chi connectivity index (χ2v) is 8.49. The van der Waals surface area contributed by atoms with Gasteiger partial charge in [-0.1, -0.05) is 29.8 Å². The van der Waals surface area contributed by atoms with E-state index in [9.17, 15) is 13.2 Å². The second kappa shape index (κ2) is 9.36. The molecule has 0 radical (unpaired) electrons. The average Bonchev–Trinajstić information content (AvgIpc) is 2.56. The molecule has 1 aliphatic rings. The largest absolute Gasteiger partial charge is 0.370 e. The molecule has 0 aromatic heterocycles. The molecule has 1 heterocycles. The molecule has 2 rings (SSSR count). The Bertz CT molecular complexity index is 645. The molecule has 8 heteroatoms.